The molecule has 0 spiro atoms. The lowest BCUT2D eigenvalue weighted by Gasteiger charge is -2.32. The van der Waals surface area contributed by atoms with Gasteiger partial charge in [-0.1, -0.05) is 6.08 Å². The third-order valence-corrected chi connectivity index (χ3v) is 3.85. The highest BCUT2D eigenvalue weighted by Gasteiger charge is 2.52. The maximum Gasteiger partial charge on any atom is 0.491 e. The standard InChI is InChI=1S/C14H21BN2O2/c1-13(2)14(3,4)19-15(18-13)12(10-16)9-11-5-7-17-8-6-11/h5-9H,10,16H2,1-4H3. The zero-order valence-corrected chi connectivity index (χ0v) is 12.0. The van der Waals surface area contributed by atoms with Crippen LogP contribution in [0.2, 0.25) is 0 Å². The second-order valence-electron chi connectivity index (χ2n) is 5.79. The van der Waals surface area contributed by atoms with Gasteiger partial charge in [0.05, 0.1) is 11.2 Å². The van der Waals surface area contributed by atoms with Crippen molar-refractivity contribution in [3.8, 4) is 0 Å². The number of rotatable bonds is 3. The van der Waals surface area contributed by atoms with Crippen molar-refractivity contribution in [2.24, 2.45) is 5.73 Å². The van der Waals surface area contributed by atoms with Gasteiger partial charge < -0.3 is 15.0 Å². The molecule has 1 aliphatic rings. The molecular formula is C14H21BN2O2. The fraction of sp³-hybridized carbons (Fsp3) is 0.500. The minimum Gasteiger partial charge on any atom is -0.400 e. The van der Waals surface area contributed by atoms with E-state index < -0.39 is 0 Å². The van der Waals surface area contributed by atoms with Crippen molar-refractivity contribution in [3.05, 3.63) is 35.6 Å². The first-order chi connectivity index (χ1) is 8.86. The first-order valence-electron chi connectivity index (χ1n) is 6.52. The molecule has 0 aromatic carbocycles. The second-order valence-corrected chi connectivity index (χ2v) is 5.79. The van der Waals surface area contributed by atoms with E-state index in [1.165, 1.54) is 0 Å². The Labute approximate surface area is 115 Å². The van der Waals surface area contributed by atoms with Gasteiger partial charge in [-0.3, -0.25) is 4.98 Å². The maximum absolute atomic E-state index is 6.00. The quantitative estimate of drug-likeness (QED) is 0.845. The van der Waals surface area contributed by atoms with Crippen molar-refractivity contribution in [3.63, 3.8) is 0 Å². The molecule has 0 atom stereocenters. The van der Waals surface area contributed by atoms with Crippen LogP contribution in [0.1, 0.15) is 33.3 Å². The molecule has 0 aliphatic carbocycles. The number of aromatic nitrogens is 1. The Bertz CT molecular complexity index is 456. The van der Waals surface area contributed by atoms with Gasteiger partial charge in [0, 0.05) is 18.9 Å². The zero-order valence-electron chi connectivity index (χ0n) is 12.0. The molecular weight excluding hydrogens is 239 g/mol. The molecule has 5 heteroatoms. The van der Waals surface area contributed by atoms with Crippen LogP contribution in [0.4, 0.5) is 0 Å². The molecule has 1 fully saturated rings. The van der Waals surface area contributed by atoms with Gasteiger partial charge in [-0.25, -0.2) is 0 Å². The minimum absolute atomic E-state index is 0.343. The third kappa shape index (κ3) is 2.89. The minimum atomic E-state index is -0.386. The van der Waals surface area contributed by atoms with E-state index in [2.05, 4.69) is 4.98 Å². The normalized spacial score (nSPS) is 21.7. The molecule has 4 nitrogen and oxygen atoms in total. The Morgan fingerprint density at radius 3 is 2.21 bits per heavy atom. The van der Waals surface area contributed by atoms with Crippen molar-refractivity contribution in [2.45, 2.75) is 38.9 Å². The predicted octanol–water partition coefficient (Wildman–Crippen LogP) is 2.06. The first kappa shape index (κ1) is 14.2. The van der Waals surface area contributed by atoms with E-state index in [1.807, 2.05) is 45.9 Å². The van der Waals surface area contributed by atoms with Crippen LogP contribution in [0, 0.1) is 0 Å². The van der Waals surface area contributed by atoms with Crippen LogP contribution < -0.4 is 5.73 Å². The van der Waals surface area contributed by atoms with Gasteiger partial charge >= 0.3 is 7.12 Å². The van der Waals surface area contributed by atoms with Gasteiger partial charge in [0.25, 0.3) is 0 Å². The highest BCUT2D eigenvalue weighted by atomic mass is 16.7. The summed E-state index contributed by atoms with van der Waals surface area (Å²) in [4.78, 5) is 4.00. The highest BCUT2D eigenvalue weighted by Crippen LogP contribution is 2.38. The SMILES string of the molecule is CC1(C)OB(C(=Cc2ccncc2)CN)OC1(C)C. The van der Waals surface area contributed by atoms with Crippen LogP contribution in [-0.4, -0.2) is 29.8 Å². The molecule has 19 heavy (non-hydrogen) atoms. The molecule has 1 aliphatic heterocycles. The van der Waals surface area contributed by atoms with Crippen molar-refractivity contribution in [1.29, 1.82) is 0 Å². The molecule has 2 N–H and O–H groups in total. The summed E-state index contributed by atoms with van der Waals surface area (Å²) in [6.45, 7) is 8.54. The largest absolute Gasteiger partial charge is 0.491 e. The molecule has 0 saturated carbocycles. The van der Waals surface area contributed by atoms with E-state index >= 15 is 0 Å². The van der Waals surface area contributed by atoms with Crippen LogP contribution in [0.15, 0.2) is 30.0 Å². The Balaban J connectivity index is 2.23. The van der Waals surface area contributed by atoms with Gasteiger partial charge in [-0.15, -0.1) is 0 Å². The van der Waals surface area contributed by atoms with Crippen molar-refractivity contribution >= 4 is 13.2 Å². The Morgan fingerprint density at radius 2 is 1.74 bits per heavy atom. The first-order valence-corrected chi connectivity index (χ1v) is 6.52. The van der Waals surface area contributed by atoms with Crippen molar-refractivity contribution < 1.29 is 9.31 Å². The summed E-state index contributed by atoms with van der Waals surface area (Å²) in [7, 11) is -0.386. The second kappa shape index (κ2) is 5.08. The van der Waals surface area contributed by atoms with Gasteiger partial charge in [0.15, 0.2) is 0 Å². The summed E-state index contributed by atoms with van der Waals surface area (Å²) < 4.78 is 12.0. The van der Waals surface area contributed by atoms with E-state index in [1.54, 1.807) is 12.4 Å². The molecule has 1 aromatic heterocycles. The summed E-state index contributed by atoms with van der Waals surface area (Å²) in [6, 6.07) is 3.86. The highest BCUT2D eigenvalue weighted by molar-refractivity contribution is 6.55. The molecule has 2 heterocycles. The Morgan fingerprint density at radius 1 is 1.21 bits per heavy atom. The molecule has 0 amide bonds. The average molecular weight is 260 g/mol. The zero-order chi connectivity index (χ0) is 14.1. The van der Waals surface area contributed by atoms with Crippen molar-refractivity contribution in [2.75, 3.05) is 6.54 Å². The fourth-order valence-corrected chi connectivity index (χ4v) is 1.89. The lowest BCUT2D eigenvalue weighted by atomic mass is 9.77. The number of nitrogens with two attached hydrogens (primary N) is 1. The summed E-state index contributed by atoms with van der Waals surface area (Å²) in [5, 5.41) is 0. The van der Waals surface area contributed by atoms with E-state index in [0.29, 0.717) is 6.54 Å². The summed E-state index contributed by atoms with van der Waals surface area (Å²) in [6.07, 6.45) is 5.51. The molecule has 0 radical (unpaired) electrons. The van der Waals surface area contributed by atoms with Gasteiger partial charge in [-0.2, -0.15) is 0 Å². The Hall–Kier alpha value is -1.17. The topological polar surface area (TPSA) is 57.4 Å². The summed E-state index contributed by atoms with van der Waals surface area (Å²) in [5.74, 6) is 0. The lowest BCUT2D eigenvalue weighted by molar-refractivity contribution is 0.00578. The van der Waals surface area contributed by atoms with Crippen molar-refractivity contribution in [1.82, 2.24) is 4.98 Å². The third-order valence-electron chi connectivity index (χ3n) is 3.85. The van der Waals surface area contributed by atoms with Gasteiger partial charge in [0.2, 0.25) is 0 Å². The number of pyridine rings is 1. The summed E-state index contributed by atoms with van der Waals surface area (Å²) in [5.41, 5.74) is 7.13. The number of hydrogen-bond donors (Lipinski definition) is 1. The predicted molar refractivity (Wildman–Crippen MR) is 77.4 cm³/mol. The van der Waals surface area contributed by atoms with Crippen LogP contribution >= 0.6 is 0 Å². The van der Waals surface area contributed by atoms with E-state index in [0.717, 1.165) is 11.0 Å². The Kier molecular flexibility index (Phi) is 3.81. The molecule has 0 unspecified atom stereocenters. The van der Waals surface area contributed by atoms with Crippen LogP contribution in [0.25, 0.3) is 6.08 Å². The lowest BCUT2D eigenvalue weighted by Crippen LogP contribution is -2.41. The molecule has 2 rings (SSSR count). The van der Waals surface area contributed by atoms with Crippen LogP contribution in [0.5, 0.6) is 0 Å². The van der Waals surface area contributed by atoms with E-state index in [9.17, 15) is 0 Å². The summed E-state index contributed by atoms with van der Waals surface area (Å²) >= 11 is 0. The number of hydrogen-bond acceptors (Lipinski definition) is 4. The van der Waals surface area contributed by atoms with Gasteiger partial charge in [-0.05, 0) is 50.9 Å². The smallest absolute Gasteiger partial charge is 0.400 e. The van der Waals surface area contributed by atoms with E-state index in [-0.39, 0.29) is 18.3 Å². The van der Waals surface area contributed by atoms with Gasteiger partial charge in [0.1, 0.15) is 0 Å². The fourth-order valence-electron chi connectivity index (χ4n) is 1.89. The maximum atomic E-state index is 6.00. The number of nitrogens with zero attached hydrogens (tertiary/aromatic N) is 1. The van der Waals surface area contributed by atoms with Crippen LogP contribution in [0.3, 0.4) is 0 Å². The molecule has 0 bridgehead atoms. The average Bonchev–Trinajstić information content (AvgIpc) is 2.56. The van der Waals surface area contributed by atoms with Crippen LogP contribution in [-0.2, 0) is 9.31 Å². The van der Waals surface area contributed by atoms with E-state index in [4.69, 9.17) is 15.0 Å². The molecule has 102 valence electrons. The molecule has 1 aromatic rings. The molecule has 1 saturated heterocycles. The monoisotopic (exact) mass is 260 g/mol.